The van der Waals surface area contributed by atoms with E-state index in [4.69, 9.17) is 4.74 Å². The largest absolute Gasteiger partial charge is 0.490 e. The standard InChI is InChI=1S/C21H20N2O2S/c24-21(20-11-14-3-1-2-4-19(14)26-20)23-15-5-6-16(23)13-18(12-15)25-17-7-9-22-10-8-17/h1-4,7-11,15-16,18H,5-6,12-13H2. The van der Waals surface area contributed by atoms with Gasteiger partial charge in [0.2, 0.25) is 0 Å². The van der Waals surface area contributed by atoms with Crippen molar-refractivity contribution >= 4 is 27.3 Å². The van der Waals surface area contributed by atoms with Crippen LogP contribution < -0.4 is 4.74 Å². The average molecular weight is 364 g/mol. The number of carbonyl (C=O) groups excluding carboxylic acids is 1. The van der Waals surface area contributed by atoms with E-state index >= 15 is 0 Å². The van der Waals surface area contributed by atoms with Crippen molar-refractivity contribution in [3.05, 3.63) is 59.7 Å². The molecule has 2 unspecified atom stereocenters. The van der Waals surface area contributed by atoms with Gasteiger partial charge in [-0.3, -0.25) is 9.78 Å². The van der Waals surface area contributed by atoms with E-state index in [9.17, 15) is 4.79 Å². The maximum absolute atomic E-state index is 13.2. The molecule has 3 aromatic rings. The molecule has 132 valence electrons. The predicted molar refractivity (Wildman–Crippen MR) is 103 cm³/mol. The van der Waals surface area contributed by atoms with Crippen molar-refractivity contribution in [2.45, 2.75) is 43.9 Å². The van der Waals surface area contributed by atoms with Gasteiger partial charge in [0.05, 0.1) is 4.88 Å². The Hall–Kier alpha value is -2.40. The van der Waals surface area contributed by atoms with Gasteiger partial charge in [0.15, 0.2) is 0 Å². The van der Waals surface area contributed by atoms with Gasteiger partial charge in [0.1, 0.15) is 11.9 Å². The molecule has 0 spiro atoms. The van der Waals surface area contributed by atoms with E-state index in [0.717, 1.165) is 41.7 Å². The maximum atomic E-state index is 13.2. The normalized spacial score (nSPS) is 24.8. The summed E-state index contributed by atoms with van der Waals surface area (Å²) in [6, 6.07) is 14.6. The minimum atomic E-state index is 0.182. The first-order valence-electron chi connectivity index (χ1n) is 9.16. The van der Waals surface area contributed by atoms with Crippen LogP contribution >= 0.6 is 11.3 Å². The second kappa shape index (κ2) is 6.40. The lowest BCUT2D eigenvalue weighted by Gasteiger charge is -2.38. The molecule has 0 saturated carbocycles. The van der Waals surface area contributed by atoms with Gasteiger partial charge in [-0.2, -0.15) is 0 Å². The monoisotopic (exact) mass is 364 g/mol. The SMILES string of the molecule is O=C(c1cc2ccccc2s1)N1C2CCC1CC(Oc1ccncc1)C2. The zero-order valence-electron chi connectivity index (χ0n) is 14.4. The van der Waals surface area contributed by atoms with Gasteiger partial charge in [-0.25, -0.2) is 0 Å². The van der Waals surface area contributed by atoms with Crippen molar-refractivity contribution in [1.82, 2.24) is 9.88 Å². The highest BCUT2D eigenvalue weighted by atomic mass is 32.1. The van der Waals surface area contributed by atoms with Crippen LogP contribution in [0.2, 0.25) is 0 Å². The Kier molecular flexibility index (Phi) is 3.89. The minimum absolute atomic E-state index is 0.182. The van der Waals surface area contributed by atoms with Crippen LogP contribution in [0, 0.1) is 0 Å². The Morgan fingerprint density at radius 1 is 1.08 bits per heavy atom. The van der Waals surface area contributed by atoms with Gasteiger partial charge >= 0.3 is 0 Å². The van der Waals surface area contributed by atoms with Gasteiger partial charge in [-0.15, -0.1) is 11.3 Å². The number of hydrogen-bond donors (Lipinski definition) is 0. The molecule has 2 atom stereocenters. The summed E-state index contributed by atoms with van der Waals surface area (Å²) in [7, 11) is 0. The molecule has 2 bridgehead atoms. The van der Waals surface area contributed by atoms with Crippen LogP contribution in [-0.2, 0) is 0 Å². The summed E-state index contributed by atoms with van der Waals surface area (Å²) < 4.78 is 7.32. The summed E-state index contributed by atoms with van der Waals surface area (Å²) in [6.07, 6.45) is 7.68. The summed E-state index contributed by atoms with van der Waals surface area (Å²) in [5, 5.41) is 1.16. The molecule has 5 rings (SSSR count). The number of pyridine rings is 1. The minimum Gasteiger partial charge on any atom is -0.490 e. The maximum Gasteiger partial charge on any atom is 0.264 e. The fourth-order valence-electron chi connectivity index (χ4n) is 4.38. The number of aromatic nitrogens is 1. The van der Waals surface area contributed by atoms with Gasteiger partial charge in [0, 0.05) is 42.0 Å². The van der Waals surface area contributed by atoms with E-state index < -0.39 is 0 Å². The fraction of sp³-hybridized carbons (Fsp3) is 0.333. The summed E-state index contributed by atoms with van der Waals surface area (Å²) >= 11 is 1.60. The molecule has 2 aromatic heterocycles. The van der Waals surface area contributed by atoms with Crippen LogP contribution in [0.5, 0.6) is 5.75 Å². The highest BCUT2D eigenvalue weighted by molar-refractivity contribution is 7.20. The number of thiophene rings is 1. The lowest BCUT2D eigenvalue weighted by atomic mass is 9.99. The van der Waals surface area contributed by atoms with Gasteiger partial charge < -0.3 is 9.64 Å². The summed E-state index contributed by atoms with van der Waals surface area (Å²) in [5.41, 5.74) is 0. The number of ether oxygens (including phenoxy) is 1. The smallest absolute Gasteiger partial charge is 0.264 e. The number of carbonyl (C=O) groups is 1. The third-order valence-electron chi connectivity index (χ3n) is 5.51. The number of rotatable bonds is 3. The lowest BCUT2D eigenvalue weighted by molar-refractivity contribution is 0.0363. The van der Waals surface area contributed by atoms with Crippen LogP contribution in [0.1, 0.15) is 35.4 Å². The van der Waals surface area contributed by atoms with Gasteiger partial charge in [-0.1, -0.05) is 18.2 Å². The number of amides is 1. The molecular formula is C21H20N2O2S. The van der Waals surface area contributed by atoms with E-state index in [1.54, 1.807) is 23.7 Å². The molecule has 5 heteroatoms. The Labute approximate surface area is 156 Å². The van der Waals surface area contributed by atoms with E-state index in [-0.39, 0.29) is 12.0 Å². The number of hydrogen-bond acceptors (Lipinski definition) is 4. The van der Waals surface area contributed by atoms with Gasteiger partial charge in [-0.05, 0) is 42.5 Å². The summed E-state index contributed by atoms with van der Waals surface area (Å²) in [5.74, 6) is 1.06. The molecular weight excluding hydrogens is 344 g/mol. The molecule has 2 saturated heterocycles. The Morgan fingerprint density at radius 3 is 2.54 bits per heavy atom. The van der Waals surface area contributed by atoms with Crippen LogP contribution in [-0.4, -0.2) is 34.0 Å². The molecule has 4 heterocycles. The molecule has 0 N–H and O–H groups in total. The summed E-state index contributed by atoms with van der Waals surface area (Å²) in [6.45, 7) is 0. The molecule has 26 heavy (non-hydrogen) atoms. The van der Waals surface area contributed by atoms with E-state index in [0.29, 0.717) is 12.1 Å². The second-order valence-corrected chi connectivity index (χ2v) is 8.22. The van der Waals surface area contributed by atoms with Crippen molar-refractivity contribution in [2.24, 2.45) is 0 Å². The second-order valence-electron chi connectivity index (χ2n) is 7.14. The molecule has 2 fully saturated rings. The quantitative estimate of drug-likeness (QED) is 0.687. The molecule has 0 radical (unpaired) electrons. The molecule has 0 aliphatic carbocycles. The van der Waals surface area contributed by atoms with Crippen LogP contribution in [0.25, 0.3) is 10.1 Å². The van der Waals surface area contributed by atoms with Crippen LogP contribution in [0.4, 0.5) is 0 Å². The molecule has 2 aliphatic heterocycles. The zero-order valence-corrected chi connectivity index (χ0v) is 15.2. The Balaban J connectivity index is 1.34. The average Bonchev–Trinajstić information content (AvgIpc) is 3.21. The van der Waals surface area contributed by atoms with Crippen molar-refractivity contribution in [2.75, 3.05) is 0 Å². The Morgan fingerprint density at radius 2 is 1.81 bits per heavy atom. The van der Waals surface area contributed by atoms with Crippen LogP contribution in [0.3, 0.4) is 0 Å². The number of piperidine rings is 1. The molecule has 2 aliphatic rings. The highest BCUT2D eigenvalue weighted by Crippen LogP contribution is 2.39. The number of benzene rings is 1. The van der Waals surface area contributed by atoms with Crippen molar-refractivity contribution < 1.29 is 9.53 Å². The molecule has 1 amide bonds. The Bertz CT molecular complexity index is 892. The number of fused-ring (bicyclic) bond motifs is 3. The predicted octanol–water partition coefficient (Wildman–Crippen LogP) is 4.51. The molecule has 1 aromatic carbocycles. The van der Waals surface area contributed by atoms with E-state index in [1.807, 2.05) is 30.3 Å². The van der Waals surface area contributed by atoms with Crippen molar-refractivity contribution in [3.8, 4) is 5.75 Å². The highest BCUT2D eigenvalue weighted by Gasteiger charge is 2.44. The topological polar surface area (TPSA) is 42.4 Å². The van der Waals surface area contributed by atoms with Crippen LogP contribution in [0.15, 0.2) is 54.9 Å². The van der Waals surface area contributed by atoms with Gasteiger partial charge in [0.25, 0.3) is 5.91 Å². The van der Waals surface area contributed by atoms with Crippen molar-refractivity contribution in [1.29, 1.82) is 0 Å². The van der Waals surface area contributed by atoms with E-state index in [2.05, 4.69) is 22.0 Å². The first kappa shape index (κ1) is 15.8. The van der Waals surface area contributed by atoms with Crippen molar-refractivity contribution in [3.63, 3.8) is 0 Å². The summed E-state index contributed by atoms with van der Waals surface area (Å²) in [4.78, 5) is 20.2. The zero-order chi connectivity index (χ0) is 17.5. The third kappa shape index (κ3) is 2.76. The first-order chi connectivity index (χ1) is 12.8. The number of nitrogens with zero attached hydrogens (tertiary/aromatic N) is 2. The fourth-order valence-corrected chi connectivity index (χ4v) is 5.39. The molecule has 4 nitrogen and oxygen atoms in total. The van der Waals surface area contributed by atoms with E-state index in [1.165, 1.54) is 4.70 Å². The lowest BCUT2D eigenvalue weighted by Crippen LogP contribution is -2.49. The third-order valence-corrected chi connectivity index (χ3v) is 6.62. The first-order valence-corrected chi connectivity index (χ1v) is 9.97.